The molecule has 0 amide bonds. The molecule has 4 heteroatoms. The summed E-state index contributed by atoms with van der Waals surface area (Å²) in [5.41, 5.74) is 0. The van der Waals surface area contributed by atoms with Crippen LogP contribution in [0.2, 0.25) is 0 Å². The second-order valence-corrected chi connectivity index (χ2v) is 0. The Hall–Kier alpha value is 3.10. The molecule has 0 saturated carbocycles. The summed E-state index contributed by atoms with van der Waals surface area (Å²) in [6.07, 6.45) is 0. The fourth-order valence-electron chi connectivity index (χ4n) is 0. The summed E-state index contributed by atoms with van der Waals surface area (Å²) in [5.74, 6) is 0. The molecule has 0 rings (SSSR count). The van der Waals surface area contributed by atoms with Crippen molar-refractivity contribution in [2.24, 2.45) is 0 Å². The quantitative estimate of drug-likeness (QED) is 0.408. The second kappa shape index (κ2) is 16.5. The predicted octanol–water partition coefficient (Wildman–Crippen LogP) is -1.52. The van der Waals surface area contributed by atoms with Gasteiger partial charge in [-0.15, -0.1) is 0 Å². The molecule has 0 aromatic rings. The maximum Gasteiger partial charge on any atom is 0 e. The molecule has 10 radical (unpaired) electrons. The van der Waals surface area contributed by atoms with Gasteiger partial charge in [0.15, 0.2) is 0 Å². The third kappa shape index (κ3) is 8.92. The maximum atomic E-state index is 0. The molecule has 0 spiro atoms. The van der Waals surface area contributed by atoms with Crippen LogP contribution < -0.4 is 0 Å². The largest absolute Gasteiger partial charge is 0 e. The molecule has 0 aliphatic carbocycles. The first-order valence-corrected chi connectivity index (χ1v) is 0. The van der Waals surface area contributed by atoms with Crippen LogP contribution in [-0.4, -0.2) is 93.1 Å². The molecule has 0 aromatic carbocycles. The minimum atomic E-state index is 0. The number of hydrogen-bond acceptors (Lipinski definition) is 0. The Morgan fingerprint density at radius 1 is 0.500 bits per heavy atom. The van der Waals surface area contributed by atoms with Gasteiger partial charge in [0.1, 0.15) is 0 Å². The molecule has 0 fully saturated rings. The first kappa shape index (κ1) is 27.5. The molecule has 0 aliphatic heterocycles. The van der Waals surface area contributed by atoms with Crippen LogP contribution in [-0.2, 0) is 0 Å². The van der Waals surface area contributed by atoms with Crippen molar-refractivity contribution in [3.8, 4) is 0 Å². The van der Waals surface area contributed by atoms with E-state index < -0.39 is 0 Å². The molecule has 0 nitrogen and oxygen atoms in total. The molecule has 4 heavy (non-hydrogen) atoms. The van der Waals surface area contributed by atoms with Gasteiger partial charge in [0.05, 0.1) is 0 Å². The summed E-state index contributed by atoms with van der Waals surface area (Å²) >= 11 is 0. The van der Waals surface area contributed by atoms with Crippen molar-refractivity contribution in [2.75, 3.05) is 0 Å². The number of rotatable bonds is 0. The van der Waals surface area contributed by atoms with Crippen LogP contribution in [0.4, 0.5) is 0 Å². The van der Waals surface area contributed by atoms with Crippen molar-refractivity contribution >= 4 is 93.1 Å². The summed E-state index contributed by atoms with van der Waals surface area (Å²) in [4.78, 5) is 0. The summed E-state index contributed by atoms with van der Waals surface area (Å²) in [5, 5.41) is 0. The van der Waals surface area contributed by atoms with Crippen molar-refractivity contribution in [1.29, 1.82) is 0 Å². The SMILES string of the molecule is [Mg].[Mg].[Mg].[Sn]. The summed E-state index contributed by atoms with van der Waals surface area (Å²) in [7, 11) is 0. The molecule has 0 unspecified atom stereocenters. The molecular formula is Mg3Sn. The van der Waals surface area contributed by atoms with Crippen molar-refractivity contribution in [3.63, 3.8) is 0 Å². The van der Waals surface area contributed by atoms with Gasteiger partial charge in [-0.25, -0.2) is 0 Å². The monoisotopic (exact) mass is 192 g/mol. The molecule has 0 atom stereocenters. The molecule has 10 valence electrons. The zero-order valence-electron chi connectivity index (χ0n) is 2.62. The smallest absolute Gasteiger partial charge is 0 e. The Morgan fingerprint density at radius 2 is 0.500 bits per heavy atom. The second-order valence-electron chi connectivity index (χ2n) is 0. The molecule has 0 aromatic heterocycles. The standard InChI is InChI=1S/3Mg.Sn. The average Bonchev–Trinajstić information content (AvgIpc) is 0. The topological polar surface area (TPSA) is 0 Å². The van der Waals surface area contributed by atoms with E-state index in [1.54, 1.807) is 0 Å². The molecule has 0 bridgehead atoms. The van der Waals surface area contributed by atoms with Gasteiger partial charge < -0.3 is 0 Å². The summed E-state index contributed by atoms with van der Waals surface area (Å²) in [6, 6.07) is 0. The molecule has 0 N–H and O–H groups in total. The van der Waals surface area contributed by atoms with Gasteiger partial charge in [-0.3, -0.25) is 0 Å². The van der Waals surface area contributed by atoms with E-state index in [0.29, 0.717) is 0 Å². The first-order valence-electron chi connectivity index (χ1n) is 0. The van der Waals surface area contributed by atoms with Gasteiger partial charge in [-0.05, 0) is 0 Å². The number of hydrogen-bond donors (Lipinski definition) is 0. The van der Waals surface area contributed by atoms with Crippen LogP contribution in [0.3, 0.4) is 0 Å². The van der Waals surface area contributed by atoms with E-state index in [1.807, 2.05) is 0 Å². The molecule has 0 aliphatic rings. The average molecular weight is 192 g/mol. The van der Waals surface area contributed by atoms with Gasteiger partial charge in [-0.2, -0.15) is 0 Å². The normalized spacial score (nSPS) is 0. The third-order valence-electron chi connectivity index (χ3n) is 0. The Bertz CT molecular complexity index is 3.25. The summed E-state index contributed by atoms with van der Waals surface area (Å²) in [6.45, 7) is 0. The van der Waals surface area contributed by atoms with E-state index in [0.717, 1.165) is 0 Å². The van der Waals surface area contributed by atoms with Gasteiger partial charge >= 0.3 is 0 Å². The molecule has 0 heterocycles. The van der Waals surface area contributed by atoms with Crippen LogP contribution in [0.1, 0.15) is 0 Å². The first-order chi connectivity index (χ1) is 0. The maximum absolute atomic E-state index is 0. The van der Waals surface area contributed by atoms with E-state index >= 15 is 0 Å². The third-order valence-corrected chi connectivity index (χ3v) is 0. The van der Waals surface area contributed by atoms with Crippen LogP contribution in [0.5, 0.6) is 0 Å². The van der Waals surface area contributed by atoms with Crippen LogP contribution >= 0.6 is 0 Å². The van der Waals surface area contributed by atoms with Crippen molar-refractivity contribution in [2.45, 2.75) is 0 Å². The summed E-state index contributed by atoms with van der Waals surface area (Å²) < 4.78 is 0. The van der Waals surface area contributed by atoms with Crippen LogP contribution in [0.25, 0.3) is 0 Å². The van der Waals surface area contributed by atoms with Crippen molar-refractivity contribution < 1.29 is 0 Å². The molecular weight excluding hydrogens is 192 g/mol. The van der Waals surface area contributed by atoms with E-state index in [1.165, 1.54) is 0 Å². The minimum Gasteiger partial charge on any atom is 0 e. The van der Waals surface area contributed by atoms with Crippen LogP contribution in [0.15, 0.2) is 0 Å². The van der Waals surface area contributed by atoms with Gasteiger partial charge in [0.2, 0.25) is 0 Å². The minimum absolute atomic E-state index is 0. The Morgan fingerprint density at radius 3 is 0.500 bits per heavy atom. The predicted molar refractivity (Wildman–Crippen MR) is 23.0 cm³/mol. The Balaban J connectivity index is 0. The fraction of sp³-hybridized carbons (Fsp3) is 0. The van der Waals surface area contributed by atoms with Crippen molar-refractivity contribution in [1.82, 2.24) is 0 Å². The Labute approximate surface area is 91.3 Å². The van der Waals surface area contributed by atoms with Crippen LogP contribution in [0, 0.1) is 0 Å². The zero-order valence-corrected chi connectivity index (χ0v) is 9.72. The van der Waals surface area contributed by atoms with Crippen molar-refractivity contribution in [3.05, 3.63) is 0 Å². The van der Waals surface area contributed by atoms with E-state index in [9.17, 15) is 0 Å². The van der Waals surface area contributed by atoms with Gasteiger partial charge in [-0.1, -0.05) is 0 Å². The van der Waals surface area contributed by atoms with Gasteiger partial charge in [0, 0.05) is 93.1 Å². The van der Waals surface area contributed by atoms with E-state index in [4.69, 9.17) is 0 Å². The van der Waals surface area contributed by atoms with Gasteiger partial charge in [0.25, 0.3) is 0 Å². The Kier molecular flexibility index (Phi) is 114. The fourth-order valence-corrected chi connectivity index (χ4v) is 0. The van der Waals surface area contributed by atoms with E-state index in [2.05, 4.69) is 0 Å². The zero-order chi connectivity index (χ0) is 0. The van der Waals surface area contributed by atoms with E-state index in [-0.39, 0.29) is 93.1 Å². The molecule has 0 saturated heterocycles.